The van der Waals surface area contributed by atoms with E-state index in [1.54, 1.807) is 6.92 Å². The highest BCUT2D eigenvalue weighted by atomic mass is 19.3. The van der Waals surface area contributed by atoms with E-state index in [0.717, 1.165) is 6.07 Å². The zero-order valence-corrected chi connectivity index (χ0v) is 9.93. The Morgan fingerprint density at radius 3 is 2.74 bits per heavy atom. The molecule has 0 saturated carbocycles. The number of carbonyl (C=O) groups is 1. The number of aromatic nitrogens is 1. The van der Waals surface area contributed by atoms with E-state index in [4.69, 9.17) is 5.73 Å². The van der Waals surface area contributed by atoms with Crippen molar-refractivity contribution in [2.24, 2.45) is 0 Å². The number of anilines is 1. The lowest BCUT2D eigenvalue weighted by Gasteiger charge is -2.07. The third-order valence-corrected chi connectivity index (χ3v) is 2.19. The van der Waals surface area contributed by atoms with Crippen LogP contribution in [0, 0.1) is 10.1 Å². The molecular formula is C10H11F2N3O4. The van der Waals surface area contributed by atoms with Crippen molar-refractivity contribution >= 4 is 17.5 Å². The van der Waals surface area contributed by atoms with Gasteiger partial charge >= 0.3 is 18.2 Å². The van der Waals surface area contributed by atoms with E-state index in [2.05, 4.69) is 9.72 Å². The van der Waals surface area contributed by atoms with Gasteiger partial charge in [0.25, 0.3) is 0 Å². The van der Waals surface area contributed by atoms with Crippen LogP contribution in [0.1, 0.15) is 24.6 Å². The van der Waals surface area contributed by atoms with Crippen molar-refractivity contribution in [3.63, 3.8) is 0 Å². The van der Waals surface area contributed by atoms with Gasteiger partial charge in [0.1, 0.15) is 0 Å². The van der Waals surface area contributed by atoms with Gasteiger partial charge in [-0.15, -0.1) is 0 Å². The van der Waals surface area contributed by atoms with Crippen molar-refractivity contribution in [1.29, 1.82) is 0 Å². The molecule has 7 nitrogen and oxygen atoms in total. The van der Waals surface area contributed by atoms with Crippen LogP contribution in [0.4, 0.5) is 20.3 Å². The molecule has 0 aliphatic heterocycles. The highest BCUT2D eigenvalue weighted by molar-refractivity contribution is 5.75. The van der Waals surface area contributed by atoms with Crippen molar-refractivity contribution in [2.45, 2.75) is 19.8 Å². The first kappa shape index (κ1) is 14.7. The summed E-state index contributed by atoms with van der Waals surface area (Å²) in [4.78, 5) is 24.1. The SMILES string of the molecule is CCOC(=O)Cc1cc([N+](=O)[O-])nc(C(F)F)c1N. The first-order chi connectivity index (χ1) is 8.86. The molecule has 19 heavy (non-hydrogen) atoms. The van der Waals surface area contributed by atoms with Gasteiger partial charge in [0.2, 0.25) is 5.69 Å². The minimum Gasteiger partial charge on any atom is -0.466 e. The Bertz CT molecular complexity index is 508. The normalized spacial score (nSPS) is 10.5. The van der Waals surface area contributed by atoms with Gasteiger partial charge in [-0.25, -0.2) is 8.78 Å². The highest BCUT2D eigenvalue weighted by Crippen LogP contribution is 2.29. The van der Waals surface area contributed by atoms with Gasteiger partial charge in [-0.05, 0) is 22.4 Å². The maximum Gasteiger partial charge on any atom is 0.364 e. The molecule has 0 unspecified atom stereocenters. The summed E-state index contributed by atoms with van der Waals surface area (Å²) in [6, 6.07) is 0.887. The zero-order chi connectivity index (χ0) is 14.6. The molecule has 1 aromatic rings. The Balaban J connectivity index is 3.21. The van der Waals surface area contributed by atoms with Crippen molar-refractivity contribution in [3.8, 4) is 0 Å². The number of esters is 1. The average Bonchev–Trinajstić information content (AvgIpc) is 2.31. The summed E-state index contributed by atoms with van der Waals surface area (Å²) < 4.78 is 29.9. The van der Waals surface area contributed by atoms with E-state index in [1.807, 2.05) is 0 Å². The van der Waals surface area contributed by atoms with Gasteiger partial charge in [0.05, 0.1) is 18.7 Å². The Labute approximate surface area is 106 Å². The Morgan fingerprint density at radius 2 is 2.26 bits per heavy atom. The lowest BCUT2D eigenvalue weighted by molar-refractivity contribution is -0.389. The van der Waals surface area contributed by atoms with Crippen LogP contribution in [0.3, 0.4) is 0 Å². The molecule has 0 saturated heterocycles. The lowest BCUT2D eigenvalue weighted by Crippen LogP contribution is -2.12. The quantitative estimate of drug-likeness (QED) is 0.497. The molecule has 0 aliphatic rings. The number of rotatable bonds is 5. The summed E-state index contributed by atoms with van der Waals surface area (Å²) in [5.74, 6) is -1.50. The molecule has 0 aromatic carbocycles. The number of nitro groups is 1. The van der Waals surface area contributed by atoms with E-state index in [9.17, 15) is 23.7 Å². The van der Waals surface area contributed by atoms with Crippen LogP contribution in [0.5, 0.6) is 0 Å². The van der Waals surface area contributed by atoms with Crippen LogP contribution >= 0.6 is 0 Å². The molecule has 0 aliphatic carbocycles. The fourth-order valence-electron chi connectivity index (χ4n) is 1.39. The summed E-state index contributed by atoms with van der Waals surface area (Å²) in [7, 11) is 0. The lowest BCUT2D eigenvalue weighted by atomic mass is 10.1. The third kappa shape index (κ3) is 3.57. The fraction of sp³-hybridized carbons (Fsp3) is 0.400. The first-order valence-corrected chi connectivity index (χ1v) is 5.24. The van der Waals surface area contributed by atoms with Gasteiger partial charge in [0, 0.05) is 6.07 Å². The molecule has 0 amide bonds. The van der Waals surface area contributed by atoms with Gasteiger partial charge in [-0.3, -0.25) is 4.79 Å². The Hall–Kier alpha value is -2.32. The number of nitrogen functional groups attached to an aromatic ring is 1. The molecule has 104 valence electrons. The summed E-state index contributed by atoms with van der Waals surface area (Å²) in [5.41, 5.74) is 3.98. The Kier molecular flexibility index (Phi) is 4.67. The molecule has 0 fully saturated rings. The number of hydrogen-bond donors (Lipinski definition) is 1. The average molecular weight is 275 g/mol. The topological polar surface area (TPSA) is 108 Å². The molecule has 9 heteroatoms. The van der Waals surface area contributed by atoms with Gasteiger partial charge < -0.3 is 20.6 Å². The molecule has 0 radical (unpaired) electrons. The Morgan fingerprint density at radius 1 is 1.63 bits per heavy atom. The van der Waals surface area contributed by atoms with E-state index >= 15 is 0 Å². The zero-order valence-electron chi connectivity index (χ0n) is 9.93. The minimum absolute atomic E-state index is 0.101. The smallest absolute Gasteiger partial charge is 0.364 e. The van der Waals surface area contributed by atoms with Crippen molar-refractivity contribution in [2.75, 3.05) is 12.3 Å². The molecule has 0 atom stereocenters. The van der Waals surface area contributed by atoms with Crippen LogP contribution in [0.2, 0.25) is 0 Å². The number of halogens is 2. The summed E-state index contributed by atoms with van der Waals surface area (Å²) in [5, 5.41) is 10.6. The van der Waals surface area contributed by atoms with Gasteiger partial charge in [-0.1, -0.05) is 0 Å². The van der Waals surface area contributed by atoms with Gasteiger partial charge in [-0.2, -0.15) is 0 Å². The van der Waals surface area contributed by atoms with Gasteiger partial charge in [0.15, 0.2) is 0 Å². The second kappa shape index (κ2) is 6.03. The maximum atomic E-state index is 12.7. The number of hydrogen-bond acceptors (Lipinski definition) is 6. The predicted octanol–water partition coefficient (Wildman–Crippen LogP) is 1.62. The van der Waals surface area contributed by atoms with Crippen LogP contribution in [0.15, 0.2) is 6.07 Å². The van der Waals surface area contributed by atoms with E-state index in [1.165, 1.54) is 0 Å². The number of pyridine rings is 1. The molecule has 1 rings (SSSR count). The monoisotopic (exact) mass is 275 g/mol. The third-order valence-electron chi connectivity index (χ3n) is 2.19. The molecular weight excluding hydrogens is 264 g/mol. The maximum absolute atomic E-state index is 12.7. The standard InChI is InChI=1S/C10H11F2N3O4/c1-2-19-7(16)4-5-3-6(15(17)18)14-9(8(5)13)10(11)12/h3,10H,2,4,13H2,1H3. The van der Waals surface area contributed by atoms with Crippen LogP contribution in [-0.4, -0.2) is 22.5 Å². The number of carbonyl (C=O) groups excluding carboxylic acids is 1. The number of nitrogens with two attached hydrogens (primary N) is 1. The molecule has 0 bridgehead atoms. The summed E-state index contributed by atoms with van der Waals surface area (Å²) in [6.07, 6.45) is -3.50. The van der Waals surface area contributed by atoms with Crippen LogP contribution in [0.25, 0.3) is 0 Å². The first-order valence-electron chi connectivity index (χ1n) is 5.24. The molecule has 2 N–H and O–H groups in total. The van der Waals surface area contributed by atoms with Crippen molar-refractivity contribution in [3.05, 3.63) is 27.4 Å². The second-order valence-corrected chi connectivity index (χ2v) is 3.48. The molecule has 1 heterocycles. The largest absolute Gasteiger partial charge is 0.466 e. The highest BCUT2D eigenvalue weighted by Gasteiger charge is 2.26. The van der Waals surface area contributed by atoms with E-state index < -0.39 is 40.9 Å². The molecule has 0 spiro atoms. The predicted molar refractivity (Wildman–Crippen MR) is 60.6 cm³/mol. The summed E-state index contributed by atoms with van der Waals surface area (Å²) in [6.45, 7) is 1.68. The minimum atomic E-state index is -3.07. The molecule has 1 aromatic heterocycles. The number of alkyl halides is 2. The van der Waals surface area contributed by atoms with Crippen LogP contribution < -0.4 is 5.73 Å². The fourth-order valence-corrected chi connectivity index (χ4v) is 1.39. The summed E-state index contributed by atoms with van der Waals surface area (Å²) >= 11 is 0. The van der Waals surface area contributed by atoms with E-state index in [0.29, 0.717) is 0 Å². The van der Waals surface area contributed by atoms with Crippen LogP contribution in [-0.2, 0) is 16.0 Å². The second-order valence-electron chi connectivity index (χ2n) is 3.48. The number of ether oxygens (including phenoxy) is 1. The van der Waals surface area contributed by atoms with Crippen molar-refractivity contribution < 1.29 is 23.2 Å². The van der Waals surface area contributed by atoms with E-state index in [-0.39, 0.29) is 12.2 Å². The number of nitrogens with zero attached hydrogens (tertiary/aromatic N) is 2. The van der Waals surface area contributed by atoms with Crippen molar-refractivity contribution in [1.82, 2.24) is 4.98 Å².